The zero-order valence-corrected chi connectivity index (χ0v) is 7.27. The van der Waals surface area contributed by atoms with Crippen LogP contribution in [0.2, 0.25) is 0 Å². The third-order valence-corrected chi connectivity index (χ3v) is 2.11. The molecule has 4 nitrogen and oxygen atoms in total. The van der Waals surface area contributed by atoms with E-state index in [9.17, 15) is 9.59 Å². The van der Waals surface area contributed by atoms with Crippen molar-refractivity contribution >= 4 is 28.2 Å². The van der Waals surface area contributed by atoms with Crippen molar-refractivity contribution in [1.82, 2.24) is 0 Å². The summed E-state index contributed by atoms with van der Waals surface area (Å²) in [7, 11) is 0. The van der Waals surface area contributed by atoms with Crippen LogP contribution in [0.3, 0.4) is 0 Å². The lowest BCUT2D eigenvalue weighted by Crippen LogP contribution is -2.19. The zero-order chi connectivity index (χ0) is 9.14. The third kappa shape index (κ3) is 1.82. The van der Waals surface area contributed by atoms with Crippen molar-refractivity contribution in [1.29, 1.82) is 0 Å². The van der Waals surface area contributed by atoms with Crippen molar-refractivity contribution < 1.29 is 9.59 Å². The summed E-state index contributed by atoms with van der Waals surface area (Å²) in [5.74, 6) is -0.0833. The number of carbonyl (C=O) groups is 2. The van der Waals surface area contributed by atoms with Gasteiger partial charge in [-0.05, 0) is 18.4 Å². The molecular formula is C7H8N2O2S. The highest BCUT2D eigenvalue weighted by molar-refractivity contribution is 7.14. The van der Waals surface area contributed by atoms with E-state index in [4.69, 9.17) is 5.73 Å². The summed E-state index contributed by atoms with van der Waals surface area (Å²) >= 11 is 1.27. The number of amides is 2. The number of nitrogens with two attached hydrogens (primary N) is 1. The van der Waals surface area contributed by atoms with Gasteiger partial charge in [-0.25, -0.2) is 4.79 Å². The lowest BCUT2D eigenvalue weighted by molar-refractivity contribution is 0.101. The van der Waals surface area contributed by atoms with Gasteiger partial charge in [0.25, 0.3) is 0 Å². The highest BCUT2D eigenvalue weighted by Crippen LogP contribution is 2.22. The Morgan fingerprint density at radius 2 is 2.25 bits per heavy atom. The Labute approximate surface area is 73.4 Å². The number of rotatable bonds is 2. The molecule has 2 amide bonds. The molecule has 0 bridgehead atoms. The Kier molecular flexibility index (Phi) is 2.44. The van der Waals surface area contributed by atoms with Crippen molar-refractivity contribution in [2.75, 3.05) is 5.32 Å². The Morgan fingerprint density at radius 1 is 1.58 bits per heavy atom. The van der Waals surface area contributed by atoms with Crippen molar-refractivity contribution in [3.63, 3.8) is 0 Å². The molecule has 0 saturated carbocycles. The van der Waals surface area contributed by atoms with Crippen LogP contribution in [-0.4, -0.2) is 11.8 Å². The SMILES string of the molecule is CC(=O)c1ccsc1NC(N)=O. The molecular weight excluding hydrogens is 176 g/mol. The van der Waals surface area contributed by atoms with Crippen LogP contribution in [0.4, 0.5) is 9.80 Å². The van der Waals surface area contributed by atoms with Gasteiger partial charge in [0.05, 0.1) is 5.56 Å². The number of Topliss-reactive ketones (excluding diaryl/α,β-unsaturated/α-hetero) is 1. The lowest BCUT2D eigenvalue weighted by Gasteiger charge is -1.98. The quantitative estimate of drug-likeness (QED) is 0.682. The van der Waals surface area contributed by atoms with Gasteiger partial charge in [0.1, 0.15) is 5.00 Å². The van der Waals surface area contributed by atoms with Crippen molar-refractivity contribution in [2.24, 2.45) is 5.73 Å². The minimum Gasteiger partial charge on any atom is -0.351 e. The number of thiophene rings is 1. The maximum atomic E-state index is 10.9. The number of ketones is 1. The molecule has 0 saturated heterocycles. The summed E-state index contributed by atoms with van der Waals surface area (Å²) < 4.78 is 0. The fourth-order valence-electron chi connectivity index (χ4n) is 0.795. The smallest absolute Gasteiger partial charge is 0.317 e. The monoisotopic (exact) mass is 184 g/mol. The molecule has 0 aliphatic rings. The first-order valence-corrected chi connectivity index (χ1v) is 4.14. The topological polar surface area (TPSA) is 72.2 Å². The fourth-order valence-corrected chi connectivity index (χ4v) is 1.63. The van der Waals surface area contributed by atoms with E-state index in [1.54, 1.807) is 11.4 Å². The summed E-state index contributed by atoms with van der Waals surface area (Å²) in [4.78, 5) is 21.4. The minimum absolute atomic E-state index is 0.0833. The van der Waals surface area contributed by atoms with Gasteiger partial charge in [-0.3, -0.25) is 10.1 Å². The van der Waals surface area contributed by atoms with E-state index in [1.807, 2.05) is 0 Å². The number of primary amides is 1. The van der Waals surface area contributed by atoms with Gasteiger partial charge < -0.3 is 5.73 Å². The van der Waals surface area contributed by atoms with E-state index >= 15 is 0 Å². The number of hydrogen-bond acceptors (Lipinski definition) is 3. The van der Waals surface area contributed by atoms with Gasteiger partial charge in [-0.1, -0.05) is 0 Å². The summed E-state index contributed by atoms with van der Waals surface area (Å²) in [6, 6.07) is 0.998. The highest BCUT2D eigenvalue weighted by Gasteiger charge is 2.09. The van der Waals surface area contributed by atoms with E-state index in [0.717, 1.165) is 0 Å². The lowest BCUT2D eigenvalue weighted by atomic mass is 10.2. The Hall–Kier alpha value is -1.36. The molecule has 0 aromatic carbocycles. The predicted octanol–water partition coefficient (Wildman–Crippen LogP) is 1.44. The number of carbonyl (C=O) groups excluding carboxylic acids is 2. The molecule has 3 N–H and O–H groups in total. The van der Waals surface area contributed by atoms with Gasteiger partial charge in [0, 0.05) is 0 Å². The summed E-state index contributed by atoms with van der Waals surface area (Å²) in [6.45, 7) is 1.44. The molecule has 0 radical (unpaired) electrons. The maximum absolute atomic E-state index is 10.9. The van der Waals surface area contributed by atoms with E-state index in [-0.39, 0.29) is 5.78 Å². The van der Waals surface area contributed by atoms with Gasteiger partial charge >= 0.3 is 6.03 Å². The van der Waals surface area contributed by atoms with Crippen molar-refractivity contribution in [3.8, 4) is 0 Å². The van der Waals surface area contributed by atoms with Crippen molar-refractivity contribution in [3.05, 3.63) is 17.0 Å². The van der Waals surface area contributed by atoms with Gasteiger partial charge in [-0.15, -0.1) is 11.3 Å². The number of urea groups is 1. The number of anilines is 1. The molecule has 12 heavy (non-hydrogen) atoms. The molecule has 0 spiro atoms. The molecule has 0 fully saturated rings. The maximum Gasteiger partial charge on any atom is 0.317 e. The van der Waals surface area contributed by atoms with E-state index in [2.05, 4.69) is 5.32 Å². The van der Waals surface area contributed by atoms with E-state index in [0.29, 0.717) is 10.6 Å². The van der Waals surface area contributed by atoms with Crippen LogP contribution in [0.1, 0.15) is 17.3 Å². The fraction of sp³-hybridized carbons (Fsp3) is 0.143. The first kappa shape index (κ1) is 8.73. The first-order valence-electron chi connectivity index (χ1n) is 3.26. The average Bonchev–Trinajstić information content (AvgIpc) is 2.33. The largest absolute Gasteiger partial charge is 0.351 e. The number of nitrogens with one attached hydrogen (secondary N) is 1. The van der Waals surface area contributed by atoms with Crippen LogP contribution in [0.25, 0.3) is 0 Å². The normalized spacial score (nSPS) is 9.42. The molecule has 0 unspecified atom stereocenters. The molecule has 1 heterocycles. The van der Waals surface area contributed by atoms with Gasteiger partial charge in [0.15, 0.2) is 5.78 Å². The molecule has 64 valence electrons. The molecule has 1 aromatic rings. The standard InChI is InChI=1S/C7H8N2O2S/c1-4(10)5-2-3-12-6(5)9-7(8)11/h2-3H,1H3,(H3,8,9,11). The van der Waals surface area contributed by atoms with Crippen LogP contribution in [0.15, 0.2) is 11.4 Å². The second-order valence-corrected chi connectivity index (χ2v) is 3.12. The second-order valence-electron chi connectivity index (χ2n) is 2.21. The molecule has 0 atom stereocenters. The van der Waals surface area contributed by atoms with Crippen LogP contribution in [0, 0.1) is 0 Å². The average molecular weight is 184 g/mol. The first-order chi connectivity index (χ1) is 5.61. The second kappa shape index (κ2) is 3.36. The van der Waals surface area contributed by atoms with Crippen molar-refractivity contribution in [2.45, 2.75) is 6.92 Å². The minimum atomic E-state index is -0.653. The summed E-state index contributed by atoms with van der Waals surface area (Å²) in [6.07, 6.45) is 0. The Morgan fingerprint density at radius 3 is 2.75 bits per heavy atom. The third-order valence-electron chi connectivity index (χ3n) is 1.28. The molecule has 5 heteroatoms. The molecule has 0 aliphatic heterocycles. The molecule has 0 aliphatic carbocycles. The van der Waals surface area contributed by atoms with Crippen LogP contribution in [-0.2, 0) is 0 Å². The summed E-state index contributed by atoms with van der Waals surface area (Å²) in [5.41, 5.74) is 5.40. The van der Waals surface area contributed by atoms with Crippen LogP contribution in [0.5, 0.6) is 0 Å². The van der Waals surface area contributed by atoms with Gasteiger partial charge in [0.2, 0.25) is 0 Å². The van der Waals surface area contributed by atoms with Crippen LogP contribution >= 0.6 is 11.3 Å². The summed E-state index contributed by atoms with van der Waals surface area (Å²) in [5, 5.41) is 4.60. The number of hydrogen-bond donors (Lipinski definition) is 2. The zero-order valence-electron chi connectivity index (χ0n) is 6.46. The predicted molar refractivity (Wildman–Crippen MR) is 47.5 cm³/mol. The molecule has 1 aromatic heterocycles. The van der Waals surface area contributed by atoms with Gasteiger partial charge in [-0.2, -0.15) is 0 Å². The van der Waals surface area contributed by atoms with E-state index in [1.165, 1.54) is 18.3 Å². The van der Waals surface area contributed by atoms with E-state index < -0.39 is 6.03 Å². The highest BCUT2D eigenvalue weighted by atomic mass is 32.1. The van der Waals surface area contributed by atoms with Crippen LogP contribution < -0.4 is 11.1 Å². The Bertz CT molecular complexity index is 319. The Balaban J connectivity index is 2.91. The molecule has 1 rings (SSSR count).